The number of rotatable bonds is 2. The van der Waals surface area contributed by atoms with Gasteiger partial charge in [0.05, 0.1) is 0 Å². The lowest BCUT2D eigenvalue weighted by molar-refractivity contribution is -0.116. The molecule has 82 valence electrons. The van der Waals surface area contributed by atoms with Crippen LogP contribution in [0.15, 0.2) is 18.2 Å². The first-order chi connectivity index (χ1) is 7.58. The van der Waals surface area contributed by atoms with E-state index in [0.29, 0.717) is 18.5 Å². The van der Waals surface area contributed by atoms with Crippen LogP contribution in [0.1, 0.15) is 22.3 Å². The average molecular weight is 218 g/mol. The Kier molecular flexibility index (Phi) is 2.44. The number of nitrogens with two attached hydrogens (primary N) is 1. The van der Waals surface area contributed by atoms with Gasteiger partial charge in [-0.25, -0.2) is 0 Å². The van der Waals surface area contributed by atoms with Crippen LogP contribution in [0.5, 0.6) is 0 Å². The Bertz CT molecular complexity index is 494. The molecule has 1 aliphatic rings. The maximum atomic E-state index is 11.3. The minimum atomic E-state index is -0.972. The van der Waals surface area contributed by atoms with Gasteiger partial charge in [-0.2, -0.15) is 0 Å². The van der Waals surface area contributed by atoms with Gasteiger partial charge in [-0.15, -0.1) is 0 Å². The predicted molar refractivity (Wildman–Crippen MR) is 56.9 cm³/mol. The van der Waals surface area contributed by atoms with Crippen LogP contribution < -0.4 is 11.1 Å². The molecule has 1 aliphatic heterocycles. The number of ketones is 1. The highest BCUT2D eigenvalue weighted by atomic mass is 16.2. The van der Waals surface area contributed by atoms with Gasteiger partial charge in [-0.1, -0.05) is 0 Å². The standard InChI is InChI=1S/C11H10N2O3/c12-11(16)10(15)7-1-3-8-6(5-7)2-4-9(14)13-8/h1,3,5H,2,4H2,(H2,12,16)(H,13,14). The van der Waals surface area contributed by atoms with Gasteiger partial charge in [0.25, 0.3) is 5.91 Å². The minimum Gasteiger partial charge on any atom is -0.363 e. The average Bonchev–Trinajstić information content (AvgIpc) is 2.27. The van der Waals surface area contributed by atoms with Gasteiger partial charge in [0.1, 0.15) is 0 Å². The topological polar surface area (TPSA) is 89.3 Å². The molecular formula is C11H10N2O3. The summed E-state index contributed by atoms with van der Waals surface area (Å²) < 4.78 is 0. The fourth-order valence-corrected chi connectivity index (χ4v) is 1.67. The van der Waals surface area contributed by atoms with Crippen molar-refractivity contribution in [2.24, 2.45) is 5.73 Å². The third-order valence-electron chi connectivity index (χ3n) is 2.49. The fourth-order valence-electron chi connectivity index (χ4n) is 1.67. The maximum Gasteiger partial charge on any atom is 0.289 e. The number of carbonyl (C=O) groups is 3. The molecule has 0 bridgehead atoms. The molecule has 0 aromatic heterocycles. The second-order valence-electron chi connectivity index (χ2n) is 3.61. The lowest BCUT2D eigenvalue weighted by atomic mass is 9.99. The molecule has 0 fully saturated rings. The van der Waals surface area contributed by atoms with Crippen LogP contribution in [0, 0.1) is 0 Å². The Morgan fingerprint density at radius 2 is 2.00 bits per heavy atom. The normalized spacial score (nSPS) is 13.9. The summed E-state index contributed by atoms with van der Waals surface area (Å²) in [6.45, 7) is 0. The molecule has 0 atom stereocenters. The van der Waals surface area contributed by atoms with Gasteiger partial charge < -0.3 is 11.1 Å². The lowest BCUT2D eigenvalue weighted by Gasteiger charge is -2.16. The van der Waals surface area contributed by atoms with Crippen LogP contribution in [-0.4, -0.2) is 17.6 Å². The number of carbonyl (C=O) groups excluding carboxylic acids is 3. The SMILES string of the molecule is NC(=O)C(=O)c1ccc2c(c1)CCC(=O)N2. The van der Waals surface area contributed by atoms with Crippen molar-refractivity contribution in [1.29, 1.82) is 0 Å². The van der Waals surface area contributed by atoms with Crippen LogP contribution in [0.3, 0.4) is 0 Å². The highest BCUT2D eigenvalue weighted by molar-refractivity contribution is 6.42. The van der Waals surface area contributed by atoms with Crippen molar-refractivity contribution >= 4 is 23.3 Å². The quantitative estimate of drug-likeness (QED) is 0.550. The van der Waals surface area contributed by atoms with E-state index in [9.17, 15) is 14.4 Å². The second kappa shape index (κ2) is 3.77. The van der Waals surface area contributed by atoms with Gasteiger partial charge in [0.15, 0.2) is 0 Å². The predicted octanol–water partition coefficient (Wildman–Crippen LogP) is 0.239. The molecule has 0 saturated heterocycles. The first-order valence-electron chi connectivity index (χ1n) is 4.85. The molecule has 0 spiro atoms. The molecule has 2 amide bonds. The molecular weight excluding hydrogens is 208 g/mol. The van der Waals surface area contributed by atoms with Crippen molar-refractivity contribution in [2.45, 2.75) is 12.8 Å². The highest BCUT2D eigenvalue weighted by Crippen LogP contribution is 2.23. The summed E-state index contributed by atoms with van der Waals surface area (Å²) in [4.78, 5) is 33.2. The molecule has 1 aromatic rings. The zero-order valence-corrected chi connectivity index (χ0v) is 8.45. The third kappa shape index (κ3) is 1.79. The van der Waals surface area contributed by atoms with Crippen molar-refractivity contribution in [3.63, 3.8) is 0 Å². The van der Waals surface area contributed by atoms with Crippen molar-refractivity contribution < 1.29 is 14.4 Å². The largest absolute Gasteiger partial charge is 0.363 e. The smallest absolute Gasteiger partial charge is 0.289 e. The second-order valence-corrected chi connectivity index (χ2v) is 3.61. The van der Waals surface area contributed by atoms with Gasteiger partial charge in [-0.3, -0.25) is 14.4 Å². The molecule has 3 N–H and O–H groups in total. The van der Waals surface area contributed by atoms with Crippen LogP contribution in [0.2, 0.25) is 0 Å². The molecule has 0 unspecified atom stereocenters. The number of aryl methyl sites for hydroxylation is 1. The summed E-state index contributed by atoms with van der Waals surface area (Å²) in [5.41, 5.74) is 6.72. The van der Waals surface area contributed by atoms with Gasteiger partial charge >= 0.3 is 0 Å². The van der Waals surface area contributed by atoms with E-state index >= 15 is 0 Å². The van der Waals surface area contributed by atoms with E-state index in [-0.39, 0.29) is 11.5 Å². The van der Waals surface area contributed by atoms with Gasteiger partial charge in [0, 0.05) is 17.7 Å². The Hall–Kier alpha value is -2.17. The van der Waals surface area contributed by atoms with Crippen molar-refractivity contribution in [1.82, 2.24) is 0 Å². The van der Waals surface area contributed by atoms with Crippen molar-refractivity contribution in [3.05, 3.63) is 29.3 Å². The lowest BCUT2D eigenvalue weighted by Crippen LogP contribution is -2.24. The number of nitrogens with one attached hydrogen (secondary N) is 1. The zero-order chi connectivity index (χ0) is 11.7. The number of primary amides is 1. The number of fused-ring (bicyclic) bond motifs is 1. The molecule has 1 aromatic carbocycles. The Morgan fingerprint density at radius 1 is 1.25 bits per heavy atom. The summed E-state index contributed by atoms with van der Waals surface area (Å²) >= 11 is 0. The number of benzene rings is 1. The van der Waals surface area contributed by atoms with Crippen LogP contribution >= 0.6 is 0 Å². The first kappa shape index (κ1) is 10.4. The molecule has 5 heteroatoms. The Labute approximate surface area is 91.6 Å². The summed E-state index contributed by atoms with van der Waals surface area (Å²) in [5, 5.41) is 2.69. The van der Waals surface area contributed by atoms with E-state index in [2.05, 4.69) is 5.32 Å². The Balaban J connectivity index is 2.36. The number of hydrogen-bond donors (Lipinski definition) is 2. The van der Waals surface area contributed by atoms with E-state index < -0.39 is 11.7 Å². The fraction of sp³-hybridized carbons (Fsp3) is 0.182. The monoisotopic (exact) mass is 218 g/mol. The van der Waals surface area contributed by atoms with E-state index in [0.717, 1.165) is 5.56 Å². The first-order valence-corrected chi connectivity index (χ1v) is 4.85. The summed E-state index contributed by atoms with van der Waals surface area (Å²) in [6.07, 6.45) is 0.961. The molecule has 0 radical (unpaired) electrons. The number of Topliss-reactive ketones (excluding diaryl/α,β-unsaturated/α-hetero) is 1. The third-order valence-corrected chi connectivity index (χ3v) is 2.49. The molecule has 0 aliphatic carbocycles. The number of amides is 2. The summed E-state index contributed by atoms with van der Waals surface area (Å²) in [7, 11) is 0. The summed E-state index contributed by atoms with van der Waals surface area (Å²) in [6, 6.07) is 4.70. The Morgan fingerprint density at radius 3 is 2.69 bits per heavy atom. The molecule has 1 heterocycles. The van der Waals surface area contributed by atoms with Crippen LogP contribution in [-0.2, 0) is 16.0 Å². The molecule has 0 saturated carbocycles. The molecule has 16 heavy (non-hydrogen) atoms. The zero-order valence-electron chi connectivity index (χ0n) is 8.45. The number of anilines is 1. The number of hydrogen-bond acceptors (Lipinski definition) is 3. The van der Waals surface area contributed by atoms with Crippen molar-refractivity contribution in [2.75, 3.05) is 5.32 Å². The summed E-state index contributed by atoms with van der Waals surface area (Å²) in [5.74, 6) is -1.72. The van der Waals surface area contributed by atoms with Crippen LogP contribution in [0.25, 0.3) is 0 Å². The molecule has 5 nitrogen and oxygen atoms in total. The van der Waals surface area contributed by atoms with Gasteiger partial charge in [-0.05, 0) is 30.2 Å². The van der Waals surface area contributed by atoms with E-state index in [4.69, 9.17) is 5.73 Å². The van der Waals surface area contributed by atoms with E-state index in [1.54, 1.807) is 12.1 Å². The van der Waals surface area contributed by atoms with Crippen LogP contribution in [0.4, 0.5) is 5.69 Å². The van der Waals surface area contributed by atoms with Crippen molar-refractivity contribution in [3.8, 4) is 0 Å². The minimum absolute atomic E-state index is 0.0403. The van der Waals surface area contributed by atoms with Gasteiger partial charge in [0.2, 0.25) is 11.7 Å². The van der Waals surface area contributed by atoms with E-state index in [1.807, 2.05) is 0 Å². The highest BCUT2D eigenvalue weighted by Gasteiger charge is 2.18. The molecule has 2 rings (SSSR count). The maximum absolute atomic E-state index is 11.3. The van der Waals surface area contributed by atoms with E-state index in [1.165, 1.54) is 6.07 Å².